The van der Waals surface area contributed by atoms with Gasteiger partial charge in [0.25, 0.3) is 0 Å². The molecule has 0 radical (unpaired) electrons. The van der Waals surface area contributed by atoms with Gasteiger partial charge in [-0.3, -0.25) is 0 Å². The van der Waals surface area contributed by atoms with Crippen molar-refractivity contribution in [3.05, 3.63) is 0 Å². The molecule has 0 aromatic heterocycles. The van der Waals surface area contributed by atoms with E-state index in [4.69, 9.17) is 5.73 Å². The summed E-state index contributed by atoms with van der Waals surface area (Å²) in [5.41, 5.74) is 6.35. The highest BCUT2D eigenvalue weighted by Gasteiger charge is 2.22. The summed E-state index contributed by atoms with van der Waals surface area (Å²) in [4.78, 5) is 0. The molecular weight excluding hydrogens is 182 g/mol. The molecule has 0 spiro atoms. The first-order valence-electron chi connectivity index (χ1n) is 7.03. The molecule has 0 aromatic rings. The maximum Gasteiger partial charge on any atom is 0.00696 e. The summed E-state index contributed by atoms with van der Waals surface area (Å²) in [5, 5.41) is 0. The maximum absolute atomic E-state index is 6.35. The first-order chi connectivity index (χ1) is 7.27. The molecule has 1 heteroatoms. The highest BCUT2D eigenvalue weighted by molar-refractivity contribution is 4.78. The Labute approximate surface area is 95.8 Å². The van der Waals surface area contributed by atoms with Gasteiger partial charge in [-0.1, -0.05) is 58.8 Å². The molecule has 0 aromatic carbocycles. The fraction of sp³-hybridized carbons (Fsp3) is 1.00. The second-order valence-electron chi connectivity index (χ2n) is 5.36. The zero-order valence-corrected chi connectivity index (χ0v) is 10.7. The summed E-state index contributed by atoms with van der Waals surface area (Å²) in [6.07, 6.45) is 12.4. The second-order valence-corrected chi connectivity index (χ2v) is 5.36. The number of hydrogen-bond acceptors (Lipinski definition) is 1. The summed E-state index contributed by atoms with van der Waals surface area (Å²) in [6, 6.07) is 0.477. The van der Waals surface area contributed by atoms with E-state index in [0.717, 1.165) is 11.8 Å². The normalized spacial score (nSPS) is 21.8. The molecule has 1 rings (SSSR count). The molecule has 15 heavy (non-hydrogen) atoms. The standard InChI is InChI=1S/C14H29N/c1-3-5-10-13(4-2)14(15)11-12-8-6-7-9-12/h12-14H,3-11,15H2,1-2H3. The Kier molecular flexibility index (Phi) is 6.31. The van der Waals surface area contributed by atoms with Crippen molar-refractivity contribution in [2.45, 2.75) is 77.7 Å². The average Bonchev–Trinajstić information content (AvgIpc) is 2.71. The van der Waals surface area contributed by atoms with Gasteiger partial charge in [0.1, 0.15) is 0 Å². The predicted octanol–water partition coefficient (Wildman–Crippen LogP) is 4.11. The van der Waals surface area contributed by atoms with E-state index in [2.05, 4.69) is 13.8 Å². The third kappa shape index (κ3) is 4.55. The van der Waals surface area contributed by atoms with E-state index in [1.165, 1.54) is 57.8 Å². The van der Waals surface area contributed by atoms with Crippen LogP contribution in [0.4, 0.5) is 0 Å². The molecule has 1 aliphatic carbocycles. The molecule has 2 atom stereocenters. The summed E-state index contributed by atoms with van der Waals surface area (Å²) in [7, 11) is 0. The summed E-state index contributed by atoms with van der Waals surface area (Å²) in [6.45, 7) is 4.57. The van der Waals surface area contributed by atoms with Crippen molar-refractivity contribution in [2.75, 3.05) is 0 Å². The van der Waals surface area contributed by atoms with Gasteiger partial charge in [-0.25, -0.2) is 0 Å². The maximum atomic E-state index is 6.35. The highest BCUT2D eigenvalue weighted by Crippen LogP contribution is 2.31. The Balaban J connectivity index is 2.24. The Morgan fingerprint density at radius 2 is 1.87 bits per heavy atom. The van der Waals surface area contributed by atoms with Crippen molar-refractivity contribution in [3.8, 4) is 0 Å². The molecule has 1 nitrogen and oxygen atoms in total. The van der Waals surface area contributed by atoms with Crippen LogP contribution in [0.3, 0.4) is 0 Å². The van der Waals surface area contributed by atoms with Gasteiger partial charge in [0.2, 0.25) is 0 Å². The van der Waals surface area contributed by atoms with E-state index in [0.29, 0.717) is 6.04 Å². The van der Waals surface area contributed by atoms with E-state index in [-0.39, 0.29) is 0 Å². The molecule has 2 unspecified atom stereocenters. The molecule has 0 heterocycles. The second kappa shape index (κ2) is 7.27. The highest BCUT2D eigenvalue weighted by atomic mass is 14.6. The molecule has 0 bridgehead atoms. The Bertz CT molecular complexity index is 149. The third-order valence-corrected chi connectivity index (χ3v) is 4.14. The van der Waals surface area contributed by atoms with Crippen molar-refractivity contribution < 1.29 is 0 Å². The first kappa shape index (κ1) is 13.0. The van der Waals surface area contributed by atoms with Crippen LogP contribution >= 0.6 is 0 Å². The molecule has 1 aliphatic rings. The minimum absolute atomic E-state index is 0.477. The lowest BCUT2D eigenvalue weighted by Crippen LogP contribution is -2.31. The topological polar surface area (TPSA) is 26.0 Å². The van der Waals surface area contributed by atoms with Crippen molar-refractivity contribution >= 4 is 0 Å². The molecule has 2 N–H and O–H groups in total. The minimum atomic E-state index is 0.477. The predicted molar refractivity (Wildman–Crippen MR) is 67.9 cm³/mol. The monoisotopic (exact) mass is 211 g/mol. The Hall–Kier alpha value is -0.0400. The Morgan fingerprint density at radius 3 is 2.40 bits per heavy atom. The van der Waals surface area contributed by atoms with Crippen molar-refractivity contribution in [2.24, 2.45) is 17.6 Å². The van der Waals surface area contributed by atoms with Gasteiger partial charge in [-0.2, -0.15) is 0 Å². The van der Waals surface area contributed by atoms with Crippen LogP contribution in [-0.2, 0) is 0 Å². The molecule has 0 aliphatic heterocycles. The lowest BCUT2D eigenvalue weighted by Gasteiger charge is -2.25. The summed E-state index contributed by atoms with van der Waals surface area (Å²) < 4.78 is 0. The van der Waals surface area contributed by atoms with Crippen LogP contribution in [0.15, 0.2) is 0 Å². The van der Waals surface area contributed by atoms with Gasteiger partial charge in [0.15, 0.2) is 0 Å². The Morgan fingerprint density at radius 1 is 1.20 bits per heavy atom. The molecule has 0 amide bonds. The molecule has 1 fully saturated rings. The quantitative estimate of drug-likeness (QED) is 0.674. The first-order valence-corrected chi connectivity index (χ1v) is 7.03. The van der Waals surface area contributed by atoms with Crippen molar-refractivity contribution in [3.63, 3.8) is 0 Å². The van der Waals surface area contributed by atoms with Crippen LogP contribution in [0.25, 0.3) is 0 Å². The zero-order valence-electron chi connectivity index (χ0n) is 10.7. The molecule has 90 valence electrons. The van der Waals surface area contributed by atoms with Gasteiger partial charge in [-0.15, -0.1) is 0 Å². The van der Waals surface area contributed by atoms with Crippen LogP contribution in [0, 0.1) is 11.8 Å². The largest absolute Gasteiger partial charge is 0.327 e. The number of unbranched alkanes of at least 4 members (excludes halogenated alkanes) is 1. The van der Waals surface area contributed by atoms with Crippen LogP contribution in [0.1, 0.15) is 71.6 Å². The van der Waals surface area contributed by atoms with Gasteiger partial charge in [0.05, 0.1) is 0 Å². The van der Waals surface area contributed by atoms with Crippen molar-refractivity contribution in [1.82, 2.24) is 0 Å². The van der Waals surface area contributed by atoms with Gasteiger partial charge in [-0.05, 0) is 24.7 Å². The fourth-order valence-corrected chi connectivity index (χ4v) is 3.01. The smallest absolute Gasteiger partial charge is 0.00696 e. The van der Waals surface area contributed by atoms with Crippen LogP contribution in [-0.4, -0.2) is 6.04 Å². The summed E-state index contributed by atoms with van der Waals surface area (Å²) in [5.74, 6) is 1.74. The fourth-order valence-electron chi connectivity index (χ4n) is 3.01. The van der Waals surface area contributed by atoms with E-state index in [1.807, 2.05) is 0 Å². The average molecular weight is 211 g/mol. The number of rotatable bonds is 7. The zero-order chi connectivity index (χ0) is 11.1. The number of hydrogen-bond donors (Lipinski definition) is 1. The minimum Gasteiger partial charge on any atom is -0.327 e. The molecule has 0 saturated heterocycles. The lowest BCUT2D eigenvalue weighted by molar-refractivity contribution is 0.313. The molecule has 1 saturated carbocycles. The van der Waals surface area contributed by atoms with E-state index < -0.39 is 0 Å². The summed E-state index contributed by atoms with van der Waals surface area (Å²) >= 11 is 0. The lowest BCUT2D eigenvalue weighted by atomic mass is 9.85. The van der Waals surface area contributed by atoms with Crippen LogP contribution in [0.2, 0.25) is 0 Å². The SMILES string of the molecule is CCCCC(CC)C(N)CC1CCCC1. The number of nitrogens with two attached hydrogens (primary N) is 1. The van der Waals surface area contributed by atoms with Crippen LogP contribution in [0.5, 0.6) is 0 Å². The van der Waals surface area contributed by atoms with E-state index in [1.54, 1.807) is 0 Å². The van der Waals surface area contributed by atoms with Crippen molar-refractivity contribution in [1.29, 1.82) is 0 Å². The van der Waals surface area contributed by atoms with E-state index >= 15 is 0 Å². The van der Waals surface area contributed by atoms with Gasteiger partial charge >= 0.3 is 0 Å². The molecular formula is C14H29N. The third-order valence-electron chi connectivity index (χ3n) is 4.14. The van der Waals surface area contributed by atoms with E-state index in [9.17, 15) is 0 Å². The van der Waals surface area contributed by atoms with Gasteiger partial charge in [0, 0.05) is 6.04 Å². The van der Waals surface area contributed by atoms with Gasteiger partial charge < -0.3 is 5.73 Å². The van der Waals surface area contributed by atoms with Crippen LogP contribution < -0.4 is 5.73 Å².